The summed E-state index contributed by atoms with van der Waals surface area (Å²) in [5, 5.41) is 0.994. The molecule has 0 radical (unpaired) electrons. The predicted octanol–water partition coefficient (Wildman–Crippen LogP) is 4.71. The summed E-state index contributed by atoms with van der Waals surface area (Å²) >= 11 is 6.18. The van der Waals surface area contributed by atoms with E-state index in [0.717, 1.165) is 16.7 Å². The Morgan fingerprint density at radius 1 is 1.00 bits per heavy atom. The Balaban J connectivity index is 2.29. The predicted molar refractivity (Wildman–Crippen MR) is 79.4 cm³/mol. The lowest BCUT2D eigenvalue weighted by atomic mass is 10.0. The van der Waals surface area contributed by atoms with Crippen molar-refractivity contribution in [2.45, 2.75) is 13.8 Å². The first-order chi connectivity index (χ1) is 9.54. The summed E-state index contributed by atoms with van der Waals surface area (Å²) in [7, 11) is 0. The molecule has 1 heterocycles. The Morgan fingerprint density at radius 2 is 1.80 bits per heavy atom. The largest absolute Gasteiger partial charge is 0.228 e. The van der Waals surface area contributed by atoms with Gasteiger partial charge in [-0.3, -0.25) is 0 Å². The summed E-state index contributed by atoms with van der Waals surface area (Å²) < 4.78 is 13.3. The molecule has 0 aliphatic carbocycles. The van der Waals surface area contributed by atoms with Gasteiger partial charge in [-0.05, 0) is 37.6 Å². The summed E-state index contributed by atoms with van der Waals surface area (Å²) in [5.41, 5.74) is 3.60. The Morgan fingerprint density at radius 3 is 2.60 bits per heavy atom. The van der Waals surface area contributed by atoms with E-state index in [4.69, 9.17) is 11.6 Å². The lowest BCUT2D eigenvalue weighted by molar-refractivity contribution is 0.629. The van der Waals surface area contributed by atoms with Crippen molar-refractivity contribution < 1.29 is 4.39 Å². The van der Waals surface area contributed by atoms with Crippen LogP contribution in [0.2, 0.25) is 5.15 Å². The molecule has 0 saturated heterocycles. The number of hydrogen-bond acceptors (Lipinski definition) is 2. The molecule has 0 bridgehead atoms. The number of aryl methyl sites for hydroxylation is 2. The van der Waals surface area contributed by atoms with Gasteiger partial charge < -0.3 is 0 Å². The van der Waals surface area contributed by atoms with Crippen molar-refractivity contribution in [3.05, 3.63) is 58.5 Å². The molecule has 4 heteroatoms. The molecule has 0 N–H and O–H groups in total. The normalized spacial score (nSPS) is 11.0. The van der Waals surface area contributed by atoms with Crippen LogP contribution < -0.4 is 0 Å². The van der Waals surface area contributed by atoms with Gasteiger partial charge >= 0.3 is 0 Å². The zero-order valence-electron chi connectivity index (χ0n) is 11.1. The van der Waals surface area contributed by atoms with Crippen LogP contribution in [0.25, 0.3) is 22.3 Å². The monoisotopic (exact) mass is 286 g/mol. The van der Waals surface area contributed by atoms with E-state index in [-0.39, 0.29) is 5.82 Å². The maximum absolute atomic E-state index is 13.3. The maximum atomic E-state index is 13.3. The van der Waals surface area contributed by atoms with Crippen LogP contribution >= 0.6 is 11.6 Å². The van der Waals surface area contributed by atoms with Crippen molar-refractivity contribution in [1.29, 1.82) is 0 Å². The number of hydrogen-bond donors (Lipinski definition) is 0. The second kappa shape index (κ2) is 4.84. The summed E-state index contributed by atoms with van der Waals surface area (Å²) in [6.45, 7) is 3.99. The smallest absolute Gasteiger partial charge is 0.161 e. The highest BCUT2D eigenvalue weighted by Crippen LogP contribution is 2.27. The molecule has 2 aromatic carbocycles. The summed E-state index contributed by atoms with van der Waals surface area (Å²) in [6, 6.07) is 10.4. The molecule has 0 spiro atoms. The lowest BCUT2D eigenvalue weighted by Crippen LogP contribution is -1.95. The van der Waals surface area contributed by atoms with E-state index in [2.05, 4.69) is 9.97 Å². The average molecular weight is 287 g/mol. The third-order valence-corrected chi connectivity index (χ3v) is 3.53. The summed E-state index contributed by atoms with van der Waals surface area (Å²) in [4.78, 5) is 8.77. The molecule has 3 rings (SSSR count). The minimum atomic E-state index is -0.334. The number of aromatic nitrogens is 2. The van der Waals surface area contributed by atoms with E-state index >= 15 is 0 Å². The quantitative estimate of drug-likeness (QED) is 0.606. The number of fused-ring (bicyclic) bond motifs is 1. The van der Waals surface area contributed by atoms with Gasteiger partial charge in [-0.2, -0.15) is 0 Å². The average Bonchev–Trinajstić information content (AvgIpc) is 2.41. The fourth-order valence-electron chi connectivity index (χ4n) is 2.16. The van der Waals surface area contributed by atoms with Crippen LogP contribution in [0.1, 0.15) is 11.1 Å². The van der Waals surface area contributed by atoms with E-state index < -0.39 is 0 Å². The third-order valence-electron chi connectivity index (χ3n) is 3.25. The molecule has 2 nitrogen and oxygen atoms in total. The molecule has 0 saturated carbocycles. The second-order valence-electron chi connectivity index (χ2n) is 4.82. The van der Waals surface area contributed by atoms with E-state index in [0.29, 0.717) is 21.9 Å². The molecule has 1 aromatic heterocycles. The van der Waals surface area contributed by atoms with Gasteiger partial charge in [0.25, 0.3) is 0 Å². The summed E-state index contributed by atoms with van der Waals surface area (Å²) in [5.74, 6) is 0.188. The van der Waals surface area contributed by atoms with Crippen molar-refractivity contribution >= 4 is 22.5 Å². The number of nitrogens with zero attached hydrogens (tertiary/aromatic N) is 2. The van der Waals surface area contributed by atoms with Gasteiger partial charge in [0.2, 0.25) is 0 Å². The molecule has 0 atom stereocenters. The van der Waals surface area contributed by atoms with Crippen molar-refractivity contribution in [2.24, 2.45) is 0 Å². The highest BCUT2D eigenvalue weighted by atomic mass is 35.5. The maximum Gasteiger partial charge on any atom is 0.161 e. The van der Waals surface area contributed by atoms with Crippen molar-refractivity contribution in [3.8, 4) is 11.4 Å². The van der Waals surface area contributed by atoms with Crippen molar-refractivity contribution in [1.82, 2.24) is 9.97 Å². The van der Waals surface area contributed by atoms with Crippen LogP contribution in [0.4, 0.5) is 4.39 Å². The second-order valence-corrected chi connectivity index (χ2v) is 5.18. The molecule has 100 valence electrons. The number of rotatable bonds is 1. The molecule has 20 heavy (non-hydrogen) atoms. The lowest BCUT2D eigenvalue weighted by Gasteiger charge is -2.08. The molecule has 0 amide bonds. The van der Waals surface area contributed by atoms with Gasteiger partial charge in [0, 0.05) is 17.0 Å². The Kier molecular flexibility index (Phi) is 3.14. The van der Waals surface area contributed by atoms with Crippen LogP contribution in [0.15, 0.2) is 36.4 Å². The number of halogens is 2. The fourth-order valence-corrected chi connectivity index (χ4v) is 2.40. The van der Waals surface area contributed by atoms with Crippen LogP contribution in [0, 0.1) is 19.7 Å². The zero-order valence-corrected chi connectivity index (χ0v) is 11.9. The van der Waals surface area contributed by atoms with Gasteiger partial charge in [-0.1, -0.05) is 29.3 Å². The minimum Gasteiger partial charge on any atom is -0.228 e. The SMILES string of the molecule is Cc1ccc(C)c(-c2nc(Cl)c3ccc(F)cc3n2)c1. The molecule has 0 aliphatic heterocycles. The Labute approximate surface area is 121 Å². The molecule has 0 aliphatic rings. The molecule has 0 fully saturated rings. The van der Waals surface area contributed by atoms with E-state index in [1.807, 2.05) is 32.0 Å². The molecular weight excluding hydrogens is 275 g/mol. The third kappa shape index (κ3) is 2.25. The highest BCUT2D eigenvalue weighted by molar-refractivity contribution is 6.34. The van der Waals surface area contributed by atoms with Gasteiger partial charge in [-0.25, -0.2) is 14.4 Å². The first-order valence-corrected chi connectivity index (χ1v) is 6.63. The van der Waals surface area contributed by atoms with Crippen LogP contribution in [-0.2, 0) is 0 Å². The molecule has 0 unspecified atom stereocenters. The molecular formula is C16H12ClFN2. The van der Waals surface area contributed by atoms with Crippen LogP contribution in [0.3, 0.4) is 0 Å². The van der Waals surface area contributed by atoms with Gasteiger partial charge in [0.05, 0.1) is 5.52 Å². The van der Waals surface area contributed by atoms with E-state index in [9.17, 15) is 4.39 Å². The number of benzene rings is 2. The minimum absolute atomic E-state index is 0.334. The zero-order chi connectivity index (χ0) is 14.3. The van der Waals surface area contributed by atoms with Crippen LogP contribution in [-0.4, -0.2) is 9.97 Å². The van der Waals surface area contributed by atoms with Crippen molar-refractivity contribution in [3.63, 3.8) is 0 Å². The first kappa shape index (κ1) is 13.0. The topological polar surface area (TPSA) is 25.8 Å². The van der Waals surface area contributed by atoms with Gasteiger partial charge in [-0.15, -0.1) is 0 Å². The standard InChI is InChI=1S/C16H12ClFN2/c1-9-3-4-10(2)13(7-9)16-19-14-8-11(18)5-6-12(14)15(17)20-16/h3-8H,1-2H3. The fraction of sp³-hybridized carbons (Fsp3) is 0.125. The first-order valence-electron chi connectivity index (χ1n) is 6.25. The summed E-state index contributed by atoms with van der Waals surface area (Å²) in [6.07, 6.45) is 0. The molecule has 3 aromatic rings. The van der Waals surface area contributed by atoms with E-state index in [1.54, 1.807) is 6.07 Å². The Hall–Kier alpha value is -2.00. The van der Waals surface area contributed by atoms with Gasteiger partial charge in [0.15, 0.2) is 5.82 Å². The van der Waals surface area contributed by atoms with E-state index in [1.165, 1.54) is 12.1 Å². The van der Waals surface area contributed by atoms with Crippen LogP contribution in [0.5, 0.6) is 0 Å². The van der Waals surface area contributed by atoms with Crippen molar-refractivity contribution in [2.75, 3.05) is 0 Å². The van der Waals surface area contributed by atoms with Gasteiger partial charge in [0.1, 0.15) is 11.0 Å². The highest BCUT2D eigenvalue weighted by Gasteiger charge is 2.10. The Bertz CT molecular complexity index is 815.